The number of carbonyl (C=O) groups is 1. The summed E-state index contributed by atoms with van der Waals surface area (Å²) in [7, 11) is 0. The maximum absolute atomic E-state index is 12.1. The summed E-state index contributed by atoms with van der Waals surface area (Å²) in [6, 6.07) is 18.6. The monoisotopic (exact) mass is 724 g/mol. The Morgan fingerprint density at radius 3 is 2.34 bits per heavy atom. The number of hydrazone groups is 1. The van der Waals surface area contributed by atoms with Gasteiger partial charge in [-0.05, 0) is 109 Å². The zero-order valence-corrected chi connectivity index (χ0v) is 21.4. The van der Waals surface area contributed by atoms with Gasteiger partial charge in [-0.1, -0.05) is 30.3 Å². The number of nitrogens with one attached hydrogen (secondary N) is 1. The Morgan fingerprint density at radius 1 is 1.00 bits per heavy atom. The zero-order valence-electron chi connectivity index (χ0n) is 14.9. The molecule has 0 radical (unpaired) electrons. The second-order valence-electron chi connectivity index (χ2n) is 5.95. The highest BCUT2D eigenvalue weighted by atomic mass is 127. The molecule has 5 nitrogen and oxygen atoms in total. The highest BCUT2D eigenvalue weighted by Crippen LogP contribution is 2.29. The largest absolute Gasteiger partial charge is 0.507 e. The van der Waals surface area contributed by atoms with Gasteiger partial charge in [0.25, 0.3) is 5.91 Å². The second-order valence-corrected chi connectivity index (χ2v) is 9.44. The van der Waals surface area contributed by atoms with Gasteiger partial charge in [-0.25, -0.2) is 5.43 Å². The number of rotatable bonds is 6. The van der Waals surface area contributed by atoms with Gasteiger partial charge >= 0.3 is 0 Å². The van der Waals surface area contributed by atoms with E-state index in [2.05, 4.69) is 55.7 Å². The van der Waals surface area contributed by atoms with Gasteiger partial charge < -0.3 is 9.84 Å². The van der Waals surface area contributed by atoms with E-state index < -0.39 is 0 Å². The van der Waals surface area contributed by atoms with Crippen molar-refractivity contribution in [3.63, 3.8) is 0 Å². The minimum Gasteiger partial charge on any atom is -0.507 e. The number of phenolic OH excluding ortho intramolecular Hbond substituents is 1. The van der Waals surface area contributed by atoms with Gasteiger partial charge in [-0.3, -0.25) is 4.79 Å². The molecule has 0 aliphatic rings. The maximum Gasteiger partial charge on any atom is 0.271 e. The van der Waals surface area contributed by atoms with Crippen LogP contribution in [0.25, 0.3) is 0 Å². The molecule has 0 bridgehead atoms. The van der Waals surface area contributed by atoms with E-state index in [1.165, 1.54) is 6.07 Å². The smallest absolute Gasteiger partial charge is 0.271 e. The summed E-state index contributed by atoms with van der Waals surface area (Å²) in [5.74, 6) is 0.503. The fourth-order valence-electron chi connectivity index (χ4n) is 2.41. The van der Waals surface area contributed by atoms with Crippen LogP contribution < -0.4 is 10.2 Å². The molecule has 0 saturated heterocycles. The van der Waals surface area contributed by atoms with E-state index in [-0.39, 0.29) is 11.7 Å². The first-order valence-corrected chi connectivity index (χ1v) is 11.7. The lowest BCUT2D eigenvalue weighted by Crippen LogP contribution is -2.17. The van der Waals surface area contributed by atoms with Gasteiger partial charge in [0.1, 0.15) is 18.1 Å². The van der Waals surface area contributed by atoms with Gasteiger partial charge in [0.2, 0.25) is 0 Å². The van der Waals surface area contributed by atoms with Crippen molar-refractivity contribution in [2.75, 3.05) is 0 Å². The predicted octanol–water partition coefficient (Wildman–Crippen LogP) is 5.55. The molecule has 0 fully saturated rings. The minimum absolute atomic E-state index is 0.0671. The zero-order chi connectivity index (χ0) is 20.8. The third kappa shape index (κ3) is 6.28. The molecule has 148 valence electrons. The molecule has 0 aliphatic carbocycles. The third-order valence-electron chi connectivity index (χ3n) is 3.83. The average Bonchev–Trinajstić information content (AvgIpc) is 2.70. The van der Waals surface area contributed by atoms with Crippen LogP contribution in [0.5, 0.6) is 11.5 Å². The van der Waals surface area contributed by atoms with Gasteiger partial charge in [0.05, 0.1) is 16.9 Å². The number of hydrogen-bond acceptors (Lipinski definition) is 4. The van der Waals surface area contributed by atoms with E-state index >= 15 is 0 Å². The first-order valence-electron chi connectivity index (χ1n) is 8.41. The van der Waals surface area contributed by atoms with Crippen molar-refractivity contribution in [1.29, 1.82) is 0 Å². The summed E-state index contributed by atoms with van der Waals surface area (Å²) in [6.07, 6.45) is 1.58. The van der Waals surface area contributed by atoms with E-state index in [9.17, 15) is 9.90 Å². The third-order valence-corrected chi connectivity index (χ3v) is 6.35. The number of ether oxygens (including phenoxy) is 1. The first-order chi connectivity index (χ1) is 13.9. The minimum atomic E-state index is -0.389. The Bertz CT molecular complexity index is 1030. The van der Waals surface area contributed by atoms with E-state index in [1.54, 1.807) is 18.3 Å². The predicted molar refractivity (Wildman–Crippen MR) is 139 cm³/mol. The molecule has 0 aliphatic heterocycles. The van der Waals surface area contributed by atoms with Crippen LogP contribution in [0.2, 0.25) is 0 Å². The van der Waals surface area contributed by atoms with E-state index in [1.807, 2.05) is 65.1 Å². The number of hydrogen-bond donors (Lipinski definition) is 2. The molecule has 0 heterocycles. The molecule has 0 saturated carbocycles. The lowest BCUT2D eigenvalue weighted by Gasteiger charge is -2.11. The number of nitrogens with zero attached hydrogens (tertiary/aromatic N) is 1. The molecule has 0 atom stereocenters. The molecular formula is C21H15I3N2O3. The normalized spacial score (nSPS) is 10.9. The van der Waals surface area contributed by atoms with Crippen molar-refractivity contribution in [3.8, 4) is 11.5 Å². The summed E-state index contributed by atoms with van der Waals surface area (Å²) in [5.41, 5.74) is 4.77. The van der Waals surface area contributed by atoms with Gasteiger partial charge in [-0.15, -0.1) is 0 Å². The lowest BCUT2D eigenvalue weighted by atomic mass is 10.2. The Kier molecular flexibility index (Phi) is 8.12. The number of amides is 1. The molecule has 1 amide bonds. The molecule has 8 heteroatoms. The summed E-state index contributed by atoms with van der Waals surface area (Å²) >= 11 is 6.45. The fraction of sp³-hybridized carbons (Fsp3) is 0.0476. The van der Waals surface area contributed by atoms with Crippen LogP contribution in [0.15, 0.2) is 65.8 Å². The second kappa shape index (κ2) is 10.6. The van der Waals surface area contributed by atoms with Crippen LogP contribution in [0.4, 0.5) is 0 Å². The van der Waals surface area contributed by atoms with Crippen LogP contribution in [-0.2, 0) is 6.61 Å². The topological polar surface area (TPSA) is 70.9 Å². The SMILES string of the molecule is O=C(N/N=C\c1cc(I)c(OCc2ccccc2)c(I)c1)c1ccc(I)c(O)c1. The van der Waals surface area contributed by atoms with Crippen molar-refractivity contribution in [2.45, 2.75) is 6.61 Å². The van der Waals surface area contributed by atoms with E-state index in [0.717, 1.165) is 24.0 Å². The Balaban J connectivity index is 1.65. The highest BCUT2D eigenvalue weighted by molar-refractivity contribution is 14.1. The Hall–Kier alpha value is -1.41. The van der Waals surface area contributed by atoms with E-state index in [4.69, 9.17) is 4.74 Å². The number of phenols is 1. The van der Waals surface area contributed by atoms with Gasteiger partial charge in [-0.2, -0.15) is 5.10 Å². The number of benzene rings is 3. The Labute approximate surface area is 209 Å². The maximum atomic E-state index is 12.1. The van der Waals surface area contributed by atoms with Gasteiger partial charge in [0, 0.05) is 5.56 Å². The lowest BCUT2D eigenvalue weighted by molar-refractivity contribution is 0.0954. The number of carbonyl (C=O) groups excluding carboxylic acids is 1. The average molecular weight is 724 g/mol. The summed E-state index contributed by atoms with van der Waals surface area (Å²) in [5, 5.41) is 13.7. The molecule has 3 aromatic carbocycles. The van der Waals surface area contributed by atoms with Crippen molar-refractivity contribution in [3.05, 3.63) is 88.1 Å². The van der Waals surface area contributed by atoms with Crippen molar-refractivity contribution in [2.24, 2.45) is 5.10 Å². The quantitative estimate of drug-likeness (QED) is 0.199. The summed E-state index contributed by atoms with van der Waals surface area (Å²) in [6.45, 7) is 0.499. The fourth-order valence-corrected chi connectivity index (χ4v) is 4.87. The summed E-state index contributed by atoms with van der Waals surface area (Å²) < 4.78 is 8.58. The van der Waals surface area contributed by atoms with Crippen LogP contribution in [0.3, 0.4) is 0 Å². The van der Waals surface area contributed by atoms with Crippen LogP contribution >= 0.6 is 67.8 Å². The summed E-state index contributed by atoms with van der Waals surface area (Å²) in [4.78, 5) is 12.1. The molecule has 29 heavy (non-hydrogen) atoms. The van der Waals surface area contributed by atoms with Crippen molar-refractivity contribution < 1.29 is 14.6 Å². The molecule has 0 spiro atoms. The molecule has 3 aromatic rings. The van der Waals surface area contributed by atoms with Crippen LogP contribution in [0.1, 0.15) is 21.5 Å². The van der Waals surface area contributed by atoms with Gasteiger partial charge in [0.15, 0.2) is 0 Å². The number of aromatic hydroxyl groups is 1. The first kappa shape index (κ1) is 22.3. The van der Waals surface area contributed by atoms with E-state index in [0.29, 0.717) is 15.7 Å². The molecule has 2 N–H and O–H groups in total. The molecule has 0 aromatic heterocycles. The van der Waals surface area contributed by atoms with Crippen molar-refractivity contribution >= 4 is 79.9 Å². The number of halogens is 3. The Morgan fingerprint density at radius 2 is 1.69 bits per heavy atom. The van der Waals surface area contributed by atoms with Crippen LogP contribution in [0, 0.1) is 10.7 Å². The molecular weight excluding hydrogens is 709 g/mol. The molecule has 3 rings (SSSR count). The van der Waals surface area contributed by atoms with Crippen LogP contribution in [-0.4, -0.2) is 17.2 Å². The molecule has 0 unspecified atom stereocenters. The van der Waals surface area contributed by atoms with Crippen molar-refractivity contribution in [1.82, 2.24) is 5.43 Å². The highest BCUT2D eigenvalue weighted by Gasteiger charge is 2.10. The standard InChI is InChI=1S/C21H15I3N2O3/c22-16-7-6-15(10-19(16)27)21(28)26-25-11-14-8-17(23)20(18(24)9-14)29-12-13-4-2-1-3-5-13/h1-11,27H,12H2,(H,26,28)/b25-11-.